The Morgan fingerprint density at radius 1 is 1.13 bits per heavy atom. The summed E-state index contributed by atoms with van der Waals surface area (Å²) < 4.78 is 4.85. The molecule has 4 rings (SSSR count). The molecular weight excluding hydrogens is 404 g/mol. The number of fused-ring (bicyclic) bond motifs is 3. The van der Waals surface area contributed by atoms with Gasteiger partial charge in [-0.1, -0.05) is 12.1 Å². The third-order valence-corrected chi connectivity index (χ3v) is 6.07. The molecule has 3 N–H and O–H groups in total. The van der Waals surface area contributed by atoms with Gasteiger partial charge in [0.15, 0.2) is 5.78 Å². The highest BCUT2D eigenvalue weighted by molar-refractivity contribution is 6.30. The van der Waals surface area contributed by atoms with Crippen molar-refractivity contribution in [2.45, 2.75) is 37.7 Å². The fourth-order valence-corrected chi connectivity index (χ4v) is 4.76. The van der Waals surface area contributed by atoms with Crippen LogP contribution in [-0.4, -0.2) is 51.3 Å². The zero-order valence-electron chi connectivity index (χ0n) is 16.9. The minimum absolute atomic E-state index is 0.0266. The van der Waals surface area contributed by atoms with E-state index in [9.17, 15) is 34.5 Å². The van der Waals surface area contributed by atoms with E-state index in [2.05, 4.69) is 0 Å². The van der Waals surface area contributed by atoms with Crippen molar-refractivity contribution in [3.05, 3.63) is 57.6 Å². The number of phenols is 2. The Kier molecular flexibility index (Phi) is 4.70. The second kappa shape index (κ2) is 7.02. The molecule has 8 nitrogen and oxygen atoms in total. The van der Waals surface area contributed by atoms with Gasteiger partial charge in [0.2, 0.25) is 5.78 Å². The van der Waals surface area contributed by atoms with E-state index < -0.39 is 34.8 Å². The smallest absolute Gasteiger partial charge is 0.316 e. The van der Waals surface area contributed by atoms with Crippen molar-refractivity contribution in [2.24, 2.45) is 0 Å². The number of hydrogen-bond acceptors (Lipinski definition) is 8. The second-order valence-corrected chi connectivity index (χ2v) is 8.01. The lowest BCUT2D eigenvalue weighted by Gasteiger charge is -2.40. The summed E-state index contributed by atoms with van der Waals surface area (Å²) in [6, 6.07) is 5.40. The predicted molar refractivity (Wildman–Crippen MR) is 106 cm³/mol. The Morgan fingerprint density at radius 3 is 2.48 bits per heavy atom. The van der Waals surface area contributed by atoms with Crippen LogP contribution in [-0.2, 0) is 20.7 Å². The molecular formula is C23H20O8. The molecule has 0 unspecified atom stereocenters. The van der Waals surface area contributed by atoms with E-state index in [1.54, 1.807) is 0 Å². The average Bonchev–Trinajstić information content (AvgIpc) is 2.70. The third kappa shape index (κ3) is 2.94. The number of ketones is 3. The minimum atomic E-state index is -1.76. The van der Waals surface area contributed by atoms with Gasteiger partial charge in [-0.15, -0.1) is 0 Å². The molecule has 0 spiro atoms. The van der Waals surface area contributed by atoms with Crippen molar-refractivity contribution in [3.8, 4) is 11.5 Å². The first kappa shape index (κ1) is 20.7. The first-order valence-electron chi connectivity index (χ1n) is 9.70. The molecule has 0 radical (unpaired) electrons. The molecule has 2 aromatic rings. The van der Waals surface area contributed by atoms with Gasteiger partial charge in [0, 0.05) is 17.5 Å². The van der Waals surface area contributed by atoms with Crippen LogP contribution in [0.25, 0.3) is 0 Å². The molecule has 31 heavy (non-hydrogen) atoms. The number of rotatable bonds is 3. The summed E-state index contributed by atoms with van der Waals surface area (Å²) in [5.41, 5.74) is -2.00. The molecule has 2 aliphatic carbocycles. The van der Waals surface area contributed by atoms with Gasteiger partial charge in [0.05, 0.1) is 23.8 Å². The Hall–Kier alpha value is -3.52. The lowest BCUT2D eigenvalue weighted by atomic mass is 9.67. The van der Waals surface area contributed by atoms with Crippen LogP contribution < -0.4 is 0 Å². The third-order valence-electron chi connectivity index (χ3n) is 6.07. The number of methoxy groups -OCH3 is 1. The van der Waals surface area contributed by atoms with Crippen LogP contribution in [0.3, 0.4) is 0 Å². The van der Waals surface area contributed by atoms with E-state index in [1.165, 1.54) is 31.2 Å². The maximum absolute atomic E-state index is 13.1. The first-order valence-corrected chi connectivity index (χ1v) is 9.70. The number of hydrogen-bond donors (Lipinski definition) is 3. The molecule has 0 aliphatic heterocycles. The van der Waals surface area contributed by atoms with Crippen LogP contribution >= 0.6 is 0 Å². The lowest BCUT2D eigenvalue weighted by molar-refractivity contribution is -0.152. The summed E-state index contributed by atoms with van der Waals surface area (Å²) in [5, 5.41) is 32.2. The molecule has 8 heteroatoms. The van der Waals surface area contributed by atoms with Crippen molar-refractivity contribution < 1.29 is 39.2 Å². The van der Waals surface area contributed by atoms with Crippen LogP contribution in [0.1, 0.15) is 68.7 Å². The normalized spacial score (nSPS) is 21.7. The van der Waals surface area contributed by atoms with Crippen LogP contribution in [0.4, 0.5) is 0 Å². The van der Waals surface area contributed by atoms with E-state index >= 15 is 0 Å². The largest absolute Gasteiger partial charge is 0.507 e. The molecule has 0 heterocycles. The molecule has 0 aromatic heterocycles. The predicted octanol–water partition coefficient (Wildman–Crippen LogP) is 1.79. The summed E-state index contributed by atoms with van der Waals surface area (Å²) in [6.07, 6.45) is -0.274. The average molecular weight is 424 g/mol. The first-order chi connectivity index (χ1) is 14.6. The number of esters is 1. The van der Waals surface area contributed by atoms with Gasteiger partial charge >= 0.3 is 5.97 Å². The molecule has 0 bridgehead atoms. The number of phenolic OH excluding ortho intramolecular Hbond substituents is 2. The Balaban J connectivity index is 1.98. The van der Waals surface area contributed by atoms with Crippen LogP contribution in [0.5, 0.6) is 11.5 Å². The second-order valence-electron chi connectivity index (χ2n) is 8.01. The highest BCUT2D eigenvalue weighted by Gasteiger charge is 2.49. The highest BCUT2D eigenvalue weighted by Crippen LogP contribution is 2.48. The summed E-state index contributed by atoms with van der Waals surface area (Å²) in [4.78, 5) is 50.6. The molecule has 0 amide bonds. The minimum Gasteiger partial charge on any atom is -0.507 e. The lowest BCUT2D eigenvalue weighted by Crippen LogP contribution is -2.46. The SMILES string of the molecule is COC(=O)[C@@H]1c2cc3c(c(O)c2CC[C@]1(O)CC(C)=O)C(=O)c1c(O)cccc1C3=O. The van der Waals surface area contributed by atoms with Gasteiger partial charge in [0.25, 0.3) is 0 Å². The monoisotopic (exact) mass is 424 g/mol. The van der Waals surface area contributed by atoms with Crippen molar-refractivity contribution in [3.63, 3.8) is 0 Å². The number of ether oxygens (including phenoxy) is 1. The van der Waals surface area contributed by atoms with Crippen LogP contribution in [0.15, 0.2) is 24.3 Å². The van der Waals surface area contributed by atoms with Crippen LogP contribution in [0, 0.1) is 0 Å². The molecule has 2 aliphatic rings. The van der Waals surface area contributed by atoms with Gasteiger partial charge in [0.1, 0.15) is 23.2 Å². The summed E-state index contributed by atoms with van der Waals surface area (Å²) >= 11 is 0. The van der Waals surface area contributed by atoms with Gasteiger partial charge in [-0.25, -0.2) is 0 Å². The van der Waals surface area contributed by atoms with Crippen molar-refractivity contribution in [1.29, 1.82) is 0 Å². The van der Waals surface area contributed by atoms with Gasteiger partial charge in [-0.05, 0) is 43.0 Å². The van der Waals surface area contributed by atoms with E-state index in [4.69, 9.17) is 4.74 Å². The van der Waals surface area contributed by atoms with Gasteiger partial charge in [-0.2, -0.15) is 0 Å². The van der Waals surface area contributed by atoms with Gasteiger partial charge < -0.3 is 20.1 Å². The van der Waals surface area contributed by atoms with Crippen LogP contribution in [0.2, 0.25) is 0 Å². The topological polar surface area (TPSA) is 138 Å². The molecule has 160 valence electrons. The standard InChI is InChI=1S/C23H20O8/c1-10(24)9-23(30)7-6-11-13(18(23)22(29)31-2)8-14-17(20(11)27)21(28)16-12(19(14)26)4-3-5-15(16)25/h3-5,8,18,25,27,30H,6-7,9H2,1-2H3/t18-,23-/m0/s1. The van der Waals surface area contributed by atoms with E-state index in [0.29, 0.717) is 0 Å². The number of aliphatic hydroxyl groups is 1. The van der Waals surface area contributed by atoms with Gasteiger partial charge in [-0.3, -0.25) is 19.2 Å². The fourth-order valence-electron chi connectivity index (χ4n) is 4.76. The number of Topliss-reactive ketones (excluding diaryl/α,β-unsaturated/α-hetero) is 1. The number of aromatic hydroxyl groups is 2. The van der Waals surface area contributed by atoms with E-state index in [-0.39, 0.29) is 64.2 Å². The zero-order valence-corrected chi connectivity index (χ0v) is 16.9. The molecule has 2 atom stereocenters. The number of carbonyl (C=O) groups is 4. The van der Waals surface area contributed by atoms with E-state index in [0.717, 1.165) is 7.11 Å². The number of carbonyl (C=O) groups excluding carboxylic acids is 4. The molecule has 0 saturated heterocycles. The maximum Gasteiger partial charge on any atom is 0.316 e. The Bertz CT molecular complexity index is 1180. The van der Waals surface area contributed by atoms with Crippen molar-refractivity contribution >= 4 is 23.3 Å². The quantitative estimate of drug-likeness (QED) is 0.541. The molecule has 2 aromatic carbocycles. The fraction of sp³-hybridized carbons (Fsp3) is 0.304. The highest BCUT2D eigenvalue weighted by atomic mass is 16.5. The summed E-state index contributed by atoms with van der Waals surface area (Å²) in [6.45, 7) is 1.29. The molecule has 0 fully saturated rings. The Labute approximate surface area is 177 Å². The summed E-state index contributed by atoms with van der Waals surface area (Å²) in [5.74, 6) is -4.64. The van der Waals surface area contributed by atoms with Crippen molar-refractivity contribution in [2.75, 3.05) is 7.11 Å². The summed E-state index contributed by atoms with van der Waals surface area (Å²) in [7, 11) is 1.14. The van der Waals surface area contributed by atoms with E-state index in [1.807, 2.05) is 0 Å². The maximum atomic E-state index is 13.1. The number of benzene rings is 2. The Morgan fingerprint density at radius 2 is 1.84 bits per heavy atom. The van der Waals surface area contributed by atoms with Crippen molar-refractivity contribution in [1.82, 2.24) is 0 Å². The molecule has 0 saturated carbocycles. The zero-order chi connectivity index (χ0) is 22.7.